The molecule has 1 aliphatic heterocycles. The molecule has 10 heteroatoms. The van der Waals surface area contributed by atoms with Crippen molar-refractivity contribution in [3.8, 4) is 0 Å². The molecule has 0 saturated carbocycles. The number of esters is 1. The molecule has 1 rings (SSSR count). The van der Waals surface area contributed by atoms with Gasteiger partial charge >= 0.3 is 5.97 Å². The van der Waals surface area contributed by atoms with Crippen molar-refractivity contribution in [3.05, 3.63) is 0 Å². The Balaban J connectivity index is 2.62. The summed E-state index contributed by atoms with van der Waals surface area (Å²) in [4.78, 5) is 38.8. The molecule has 1 unspecified atom stereocenters. The standard InChI is InChI=1S/C25H46N2O8/c1-4-35-24(2,3)13-18-34-22(32)9-5-14-27-21(31)19-20(23(27)33)26-25(10-6-15-28,11-7-16-29)12-8-17-30/h20,26,28-30H,4-19H2,1-3H3. The normalized spacial score (nSPS) is 16.9. The van der Waals surface area contributed by atoms with Crippen molar-refractivity contribution in [2.75, 3.05) is 39.6 Å². The smallest absolute Gasteiger partial charge is 0.305 e. The maximum atomic E-state index is 13.0. The molecule has 1 saturated heterocycles. The number of aliphatic hydroxyl groups excluding tert-OH is 3. The largest absolute Gasteiger partial charge is 0.466 e. The first-order chi connectivity index (χ1) is 16.6. The summed E-state index contributed by atoms with van der Waals surface area (Å²) in [6, 6.07) is -0.702. The first-order valence-electron chi connectivity index (χ1n) is 12.9. The number of ether oxygens (including phenoxy) is 2. The fourth-order valence-corrected chi connectivity index (χ4v) is 4.57. The lowest BCUT2D eigenvalue weighted by Crippen LogP contribution is -2.53. The zero-order valence-electron chi connectivity index (χ0n) is 21.7. The lowest BCUT2D eigenvalue weighted by molar-refractivity contribution is -0.147. The van der Waals surface area contributed by atoms with Crippen LogP contribution in [0.15, 0.2) is 0 Å². The van der Waals surface area contributed by atoms with Crippen LogP contribution < -0.4 is 5.32 Å². The van der Waals surface area contributed by atoms with E-state index in [0.29, 0.717) is 58.0 Å². The summed E-state index contributed by atoms with van der Waals surface area (Å²) in [6.45, 7) is 6.73. The summed E-state index contributed by atoms with van der Waals surface area (Å²) in [5.41, 5.74) is -0.934. The molecule has 0 bridgehead atoms. The summed E-state index contributed by atoms with van der Waals surface area (Å²) in [5, 5.41) is 31.4. The van der Waals surface area contributed by atoms with Gasteiger partial charge in [-0.2, -0.15) is 0 Å². The molecule has 10 nitrogen and oxygen atoms in total. The Bertz CT molecular complexity index is 634. The highest BCUT2D eigenvalue weighted by atomic mass is 16.5. The van der Waals surface area contributed by atoms with Gasteiger partial charge < -0.3 is 24.8 Å². The third-order valence-electron chi connectivity index (χ3n) is 6.43. The van der Waals surface area contributed by atoms with Gasteiger partial charge in [0.2, 0.25) is 11.8 Å². The van der Waals surface area contributed by atoms with Gasteiger partial charge in [0.25, 0.3) is 0 Å². The van der Waals surface area contributed by atoms with Crippen LogP contribution in [0.25, 0.3) is 0 Å². The topological polar surface area (TPSA) is 146 Å². The minimum absolute atomic E-state index is 0.00935. The van der Waals surface area contributed by atoms with E-state index in [-0.39, 0.29) is 69.2 Å². The van der Waals surface area contributed by atoms with E-state index in [1.165, 1.54) is 4.90 Å². The van der Waals surface area contributed by atoms with Crippen molar-refractivity contribution in [2.24, 2.45) is 0 Å². The number of carbonyl (C=O) groups is 3. The molecule has 0 aromatic rings. The van der Waals surface area contributed by atoms with Crippen molar-refractivity contribution in [1.82, 2.24) is 10.2 Å². The molecule has 1 fully saturated rings. The first-order valence-corrected chi connectivity index (χ1v) is 12.9. The first kappa shape index (κ1) is 31.4. The maximum Gasteiger partial charge on any atom is 0.305 e. The summed E-state index contributed by atoms with van der Waals surface area (Å²) in [7, 11) is 0. The van der Waals surface area contributed by atoms with Gasteiger partial charge in [-0.3, -0.25) is 24.6 Å². The third-order valence-corrected chi connectivity index (χ3v) is 6.43. The van der Waals surface area contributed by atoms with Crippen molar-refractivity contribution >= 4 is 17.8 Å². The molecule has 0 radical (unpaired) electrons. The third kappa shape index (κ3) is 11.3. The number of likely N-dealkylation sites (tertiary alicyclic amines) is 1. The molecule has 0 aromatic heterocycles. The van der Waals surface area contributed by atoms with E-state index in [0.717, 1.165) is 0 Å². The van der Waals surface area contributed by atoms with E-state index in [1.54, 1.807) is 0 Å². The van der Waals surface area contributed by atoms with Crippen LogP contribution in [0.1, 0.15) is 85.0 Å². The van der Waals surface area contributed by atoms with Crippen LogP contribution in [0.4, 0.5) is 0 Å². The zero-order chi connectivity index (χ0) is 26.3. The summed E-state index contributed by atoms with van der Waals surface area (Å²) < 4.78 is 10.8. The second kappa shape index (κ2) is 16.2. The van der Waals surface area contributed by atoms with Gasteiger partial charge in [-0.05, 0) is 65.7 Å². The van der Waals surface area contributed by atoms with Crippen LogP contribution in [0.2, 0.25) is 0 Å². The number of nitrogens with zero attached hydrogens (tertiary/aromatic N) is 1. The van der Waals surface area contributed by atoms with Crippen LogP contribution in [-0.4, -0.2) is 94.8 Å². The second-order valence-electron chi connectivity index (χ2n) is 9.81. The number of carbonyl (C=O) groups excluding carboxylic acids is 3. The lowest BCUT2D eigenvalue weighted by atomic mass is 9.83. The molecule has 204 valence electrons. The van der Waals surface area contributed by atoms with Crippen LogP contribution in [0.3, 0.4) is 0 Å². The van der Waals surface area contributed by atoms with Crippen molar-refractivity contribution in [2.45, 2.75) is 102 Å². The fraction of sp³-hybridized carbons (Fsp3) is 0.880. The number of rotatable bonds is 20. The monoisotopic (exact) mass is 502 g/mol. The molecule has 1 heterocycles. The molecule has 35 heavy (non-hydrogen) atoms. The number of hydrogen-bond donors (Lipinski definition) is 4. The Labute approximate surface area is 209 Å². The highest BCUT2D eigenvalue weighted by Gasteiger charge is 2.42. The average Bonchev–Trinajstić information content (AvgIpc) is 3.06. The summed E-state index contributed by atoms with van der Waals surface area (Å²) in [6.07, 6.45) is 4.24. The fourth-order valence-electron chi connectivity index (χ4n) is 4.57. The number of amides is 2. The highest BCUT2D eigenvalue weighted by Crippen LogP contribution is 2.28. The SMILES string of the molecule is CCOC(C)(C)CCOC(=O)CCCN1C(=O)CC(NC(CCCO)(CCCO)CCCO)C1=O. The Kier molecular flexibility index (Phi) is 14.6. The number of nitrogens with one attached hydrogen (secondary N) is 1. The molecule has 1 atom stereocenters. The van der Waals surface area contributed by atoms with Crippen LogP contribution >= 0.6 is 0 Å². The van der Waals surface area contributed by atoms with Gasteiger partial charge in [0, 0.05) is 51.4 Å². The predicted molar refractivity (Wildman–Crippen MR) is 130 cm³/mol. The van der Waals surface area contributed by atoms with Gasteiger partial charge in [-0.25, -0.2) is 0 Å². The lowest BCUT2D eigenvalue weighted by Gasteiger charge is -2.37. The van der Waals surface area contributed by atoms with Gasteiger partial charge in [-0.1, -0.05) is 0 Å². The Hall–Kier alpha value is -1.59. The van der Waals surface area contributed by atoms with Gasteiger partial charge in [-0.15, -0.1) is 0 Å². The molecular formula is C25H46N2O8. The second-order valence-corrected chi connectivity index (χ2v) is 9.81. The molecule has 4 N–H and O–H groups in total. The highest BCUT2D eigenvalue weighted by molar-refractivity contribution is 6.05. The Morgan fingerprint density at radius 3 is 2.09 bits per heavy atom. The van der Waals surface area contributed by atoms with Crippen molar-refractivity contribution < 1.29 is 39.2 Å². The predicted octanol–water partition coefficient (Wildman–Crippen LogP) is 1.29. The van der Waals surface area contributed by atoms with Gasteiger partial charge in [0.15, 0.2) is 0 Å². The minimum atomic E-state index is -0.702. The number of imide groups is 1. The molecule has 2 amide bonds. The Morgan fingerprint density at radius 2 is 1.57 bits per heavy atom. The molecule has 0 aliphatic carbocycles. The van der Waals surface area contributed by atoms with Crippen molar-refractivity contribution in [3.63, 3.8) is 0 Å². The summed E-state index contributed by atoms with van der Waals surface area (Å²) >= 11 is 0. The van der Waals surface area contributed by atoms with E-state index in [2.05, 4.69) is 5.32 Å². The van der Waals surface area contributed by atoms with Gasteiger partial charge in [0.05, 0.1) is 24.7 Å². The molecule has 0 aromatic carbocycles. The van der Waals surface area contributed by atoms with E-state index in [9.17, 15) is 29.7 Å². The van der Waals surface area contributed by atoms with Crippen LogP contribution in [0, 0.1) is 0 Å². The van der Waals surface area contributed by atoms with Crippen molar-refractivity contribution in [1.29, 1.82) is 0 Å². The Morgan fingerprint density at radius 1 is 1.00 bits per heavy atom. The molecule has 0 spiro atoms. The van der Waals surface area contributed by atoms with E-state index >= 15 is 0 Å². The summed E-state index contributed by atoms with van der Waals surface area (Å²) in [5.74, 6) is -0.995. The number of hydrogen-bond acceptors (Lipinski definition) is 9. The quantitative estimate of drug-likeness (QED) is 0.143. The zero-order valence-corrected chi connectivity index (χ0v) is 21.7. The maximum absolute atomic E-state index is 13.0. The van der Waals surface area contributed by atoms with Gasteiger partial charge in [0.1, 0.15) is 0 Å². The van der Waals surface area contributed by atoms with Crippen LogP contribution in [-0.2, 0) is 23.9 Å². The van der Waals surface area contributed by atoms with E-state index < -0.39 is 11.6 Å². The minimum Gasteiger partial charge on any atom is -0.466 e. The molecule has 1 aliphatic rings. The van der Waals surface area contributed by atoms with E-state index in [4.69, 9.17) is 9.47 Å². The average molecular weight is 503 g/mol. The molecular weight excluding hydrogens is 456 g/mol. The van der Waals surface area contributed by atoms with Crippen LogP contribution in [0.5, 0.6) is 0 Å². The van der Waals surface area contributed by atoms with E-state index in [1.807, 2.05) is 20.8 Å². The number of aliphatic hydroxyl groups is 3.